The average molecular weight is 493 g/mol. The fraction of sp³-hybridized carbons (Fsp3) is 0.556. The standard InChI is InChI=1S/C27H36N6O3/c1-18-9-10-19(2)22(15-18)31-11-13-32(14-12-31)24(34)21-16-23-25(35)30(4)27(3,17-33(23)29-21)26(36)28-20-7-5-6-8-20/h9-10,15-16,20H,5-8,11-14,17H2,1-4H3,(H,28,36)/t27-/m0/s1. The molecule has 5 rings (SSSR count). The Morgan fingerprint density at radius 1 is 1.06 bits per heavy atom. The molecule has 3 amide bonds. The molecule has 192 valence electrons. The first-order valence-corrected chi connectivity index (χ1v) is 13.0. The molecular formula is C27H36N6O3. The molecule has 0 bridgehead atoms. The van der Waals surface area contributed by atoms with E-state index in [1.54, 1.807) is 24.9 Å². The number of anilines is 1. The van der Waals surface area contributed by atoms with E-state index in [9.17, 15) is 14.4 Å². The Labute approximate surface area is 212 Å². The number of piperazine rings is 1. The highest BCUT2D eigenvalue weighted by Crippen LogP contribution is 2.28. The second-order valence-electron chi connectivity index (χ2n) is 10.7. The number of rotatable bonds is 4. The molecule has 2 aliphatic heterocycles. The second-order valence-corrected chi connectivity index (χ2v) is 10.7. The van der Waals surface area contributed by atoms with Crippen LogP contribution in [0.5, 0.6) is 0 Å². The van der Waals surface area contributed by atoms with Gasteiger partial charge >= 0.3 is 0 Å². The quantitative estimate of drug-likeness (QED) is 0.708. The number of nitrogens with zero attached hydrogens (tertiary/aromatic N) is 5. The lowest BCUT2D eigenvalue weighted by Gasteiger charge is -2.41. The Kier molecular flexibility index (Phi) is 6.26. The molecule has 0 unspecified atom stereocenters. The maximum absolute atomic E-state index is 13.3. The van der Waals surface area contributed by atoms with Gasteiger partial charge in [-0.25, -0.2) is 0 Å². The van der Waals surface area contributed by atoms with E-state index in [0.29, 0.717) is 18.8 Å². The highest BCUT2D eigenvalue weighted by atomic mass is 16.2. The van der Waals surface area contributed by atoms with Crippen molar-refractivity contribution in [2.75, 3.05) is 38.1 Å². The third-order valence-electron chi connectivity index (χ3n) is 8.17. The molecule has 1 saturated carbocycles. The van der Waals surface area contributed by atoms with Gasteiger partial charge in [0, 0.05) is 51.0 Å². The summed E-state index contributed by atoms with van der Waals surface area (Å²) in [6.07, 6.45) is 4.18. The SMILES string of the molecule is Cc1ccc(C)c(N2CCN(C(=O)c3cc4n(n3)C[C@@](C)(C(=O)NC3CCCC3)N(C)C4=O)CC2)c1. The third-order valence-corrected chi connectivity index (χ3v) is 8.17. The predicted molar refractivity (Wildman–Crippen MR) is 137 cm³/mol. The molecule has 1 aliphatic carbocycles. The molecule has 1 N–H and O–H groups in total. The first-order chi connectivity index (χ1) is 17.2. The average Bonchev–Trinajstić information content (AvgIpc) is 3.54. The summed E-state index contributed by atoms with van der Waals surface area (Å²) in [6.45, 7) is 8.84. The maximum atomic E-state index is 13.3. The molecule has 0 radical (unpaired) electrons. The van der Waals surface area contributed by atoms with Crippen LogP contribution in [0.25, 0.3) is 0 Å². The number of carbonyl (C=O) groups is 3. The second kappa shape index (κ2) is 9.26. The molecule has 1 aromatic heterocycles. The fourth-order valence-corrected chi connectivity index (χ4v) is 5.62. The molecule has 1 atom stereocenters. The van der Waals surface area contributed by atoms with E-state index >= 15 is 0 Å². The largest absolute Gasteiger partial charge is 0.368 e. The van der Waals surface area contributed by atoms with Gasteiger partial charge in [0.15, 0.2) is 5.69 Å². The molecule has 2 fully saturated rings. The number of fused-ring (bicyclic) bond motifs is 1. The van der Waals surface area contributed by atoms with Crippen LogP contribution < -0.4 is 10.2 Å². The number of aryl methyl sites for hydroxylation is 2. The van der Waals surface area contributed by atoms with E-state index in [-0.39, 0.29) is 36.0 Å². The van der Waals surface area contributed by atoms with E-state index in [4.69, 9.17) is 0 Å². The van der Waals surface area contributed by atoms with Crippen molar-refractivity contribution in [3.63, 3.8) is 0 Å². The molecule has 1 aromatic carbocycles. The van der Waals surface area contributed by atoms with Gasteiger partial charge in [-0.1, -0.05) is 25.0 Å². The lowest BCUT2D eigenvalue weighted by Crippen LogP contribution is -2.63. The van der Waals surface area contributed by atoms with Gasteiger partial charge in [0.25, 0.3) is 11.8 Å². The summed E-state index contributed by atoms with van der Waals surface area (Å²) >= 11 is 0. The Morgan fingerprint density at radius 2 is 1.75 bits per heavy atom. The molecule has 9 nitrogen and oxygen atoms in total. The van der Waals surface area contributed by atoms with Gasteiger partial charge in [-0.05, 0) is 50.8 Å². The minimum Gasteiger partial charge on any atom is -0.368 e. The van der Waals surface area contributed by atoms with Crippen LogP contribution in [-0.4, -0.2) is 82.1 Å². The lowest BCUT2D eigenvalue weighted by molar-refractivity contribution is -0.133. The Hall–Kier alpha value is -3.36. The minimum absolute atomic E-state index is 0.163. The van der Waals surface area contributed by atoms with Crippen molar-refractivity contribution in [2.24, 2.45) is 0 Å². The minimum atomic E-state index is -1.06. The fourth-order valence-electron chi connectivity index (χ4n) is 5.62. The summed E-state index contributed by atoms with van der Waals surface area (Å²) in [5, 5.41) is 7.63. The Morgan fingerprint density at radius 3 is 2.44 bits per heavy atom. The van der Waals surface area contributed by atoms with Crippen molar-refractivity contribution in [1.82, 2.24) is 24.9 Å². The van der Waals surface area contributed by atoms with Crippen LogP contribution >= 0.6 is 0 Å². The Balaban J connectivity index is 1.29. The first kappa shape index (κ1) is 24.3. The van der Waals surface area contributed by atoms with Crippen LogP contribution in [0.4, 0.5) is 5.69 Å². The molecule has 36 heavy (non-hydrogen) atoms. The van der Waals surface area contributed by atoms with Crippen LogP contribution in [0.3, 0.4) is 0 Å². The van der Waals surface area contributed by atoms with Crippen LogP contribution in [0.15, 0.2) is 24.3 Å². The van der Waals surface area contributed by atoms with E-state index in [0.717, 1.165) is 38.8 Å². The maximum Gasteiger partial charge on any atom is 0.274 e. The van der Waals surface area contributed by atoms with Gasteiger partial charge in [0.1, 0.15) is 11.2 Å². The number of hydrogen-bond donors (Lipinski definition) is 1. The summed E-state index contributed by atoms with van der Waals surface area (Å²) in [6, 6.07) is 8.18. The molecule has 0 spiro atoms. The van der Waals surface area contributed by atoms with Gasteiger partial charge in [-0.2, -0.15) is 5.10 Å². The number of aromatic nitrogens is 2. The lowest BCUT2D eigenvalue weighted by atomic mass is 9.95. The molecular weight excluding hydrogens is 456 g/mol. The van der Waals surface area contributed by atoms with E-state index in [2.05, 4.69) is 47.4 Å². The van der Waals surface area contributed by atoms with E-state index < -0.39 is 5.54 Å². The highest BCUT2D eigenvalue weighted by Gasteiger charge is 2.47. The number of benzene rings is 1. The number of nitrogens with one attached hydrogen (secondary N) is 1. The van der Waals surface area contributed by atoms with Crippen molar-refractivity contribution >= 4 is 23.4 Å². The van der Waals surface area contributed by atoms with Gasteiger partial charge in [-0.15, -0.1) is 0 Å². The molecule has 3 heterocycles. The highest BCUT2D eigenvalue weighted by molar-refractivity contribution is 6.01. The van der Waals surface area contributed by atoms with Gasteiger partial charge < -0.3 is 20.0 Å². The van der Waals surface area contributed by atoms with Gasteiger partial charge in [-0.3, -0.25) is 19.1 Å². The number of likely N-dealkylation sites (N-methyl/N-ethyl adjacent to an activating group) is 1. The molecule has 2 aromatic rings. The molecule has 1 saturated heterocycles. The zero-order valence-corrected chi connectivity index (χ0v) is 21.7. The van der Waals surface area contributed by atoms with E-state index in [1.807, 2.05) is 0 Å². The number of amides is 3. The molecule has 3 aliphatic rings. The smallest absolute Gasteiger partial charge is 0.274 e. The topological polar surface area (TPSA) is 90.8 Å². The summed E-state index contributed by atoms with van der Waals surface area (Å²) in [5.41, 5.74) is 3.20. The number of carbonyl (C=O) groups excluding carboxylic acids is 3. The van der Waals surface area contributed by atoms with Gasteiger partial charge in [0.05, 0.1) is 6.54 Å². The van der Waals surface area contributed by atoms with Crippen LogP contribution in [0, 0.1) is 13.8 Å². The van der Waals surface area contributed by atoms with Crippen LogP contribution in [0.2, 0.25) is 0 Å². The normalized spacial score (nSPS) is 22.7. The monoisotopic (exact) mass is 492 g/mol. The molecule has 9 heteroatoms. The Bertz CT molecular complexity index is 1190. The zero-order chi connectivity index (χ0) is 25.6. The van der Waals surface area contributed by atoms with Crippen molar-refractivity contribution in [3.8, 4) is 0 Å². The summed E-state index contributed by atoms with van der Waals surface area (Å²) in [7, 11) is 1.65. The number of hydrogen-bond acceptors (Lipinski definition) is 5. The van der Waals surface area contributed by atoms with Crippen molar-refractivity contribution in [1.29, 1.82) is 0 Å². The van der Waals surface area contributed by atoms with Crippen molar-refractivity contribution in [3.05, 3.63) is 46.8 Å². The van der Waals surface area contributed by atoms with Crippen LogP contribution in [0.1, 0.15) is 64.7 Å². The van der Waals surface area contributed by atoms with E-state index in [1.165, 1.54) is 26.4 Å². The first-order valence-electron chi connectivity index (χ1n) is 13.0. The summed E-state index contributed by atoms with van der Waals surface area (Å²) < 4.78 is 1.54. The third kappa shape index (κ3) is 4.24. The predicted octanol–water partition coefficient (Wildman–Crippen LogP) is 2.37. The van der Waals surface area contributed by atoms with Crippen LogP contribution in [-0.2, 0) is 11.3 Å². The zero-order valence-electron chi connectivity index (χ0n) is 21.7. The summed E-state index contributed by atoms with van der Waals surface area (Å²) in [5.74, 6) is -0.636. The van der Waals surface area contributed by atoms with Crippen molar-refractivity contribution < 1.29 is 14.4 Å². The summed E-state index contributed by atoms with van der Waals surface area (Å²) in [4.78, 5) is 45.3. The van der Waals surface area contributed by atoms with Crippen molar-refractivity contribution in [2.45, 2.75) is 64.6 Å². The van der Waals surface area contributed by atoms with Gasteiger partial charge in [0.2, 0.25) is 5.91 Å².